The summed E-state index contributed by atoms with van der Waals surface area (Å²) in [6.07, 6.45) is -3.03. The van der Waals surface area contributed by atoms with Crippen molar-refractivity contribution in [3.63, 3.8) is 0 Å². The zero-order valence-corrected chi connectivity index (χ0v) is 18.8. The quantitative estimate of drug-likeness (QED) is 0.271. The number of methoxy groups -OCH3 is 1. The Morgan fingerprint density at radius 2 is 1.97 bits per heavy atom. The molecular weight excluding hydrogens is 464 g/mol. The minimum atomic E-state index is -4.19. The number of nitrogens with one attached hydrogen (secondary N) is 2. The van der Waals surface area contributed by atoms with Crippen LogP contribution in [0.25, 0.3) is 0 Å². The standard InChI is InChI=1S/C19H25FN3O9P/c1-13(24)15(31-17(10-20)23-9-8-16(25)22-19(23)27)12-30-33(28,21-11-18(26)29-2)32-14-6-4-3-5-7-14/h3-9,13,15,17,24H,10-12H2,1-2H3,(H,21,28)(H,22,25,27)/t13-,15+,17+,33?/m0/s1. The number of hydrogen-bond acceptors (Lipinski definition) is 9. The molecule has 182 valence electrons. The zero-order valence-electron chi connectivity index (χ0n) is 17.9. The van der Waals surface area contributed by atoms with Crippen LogP contribution in [0, 0.1) is 0 Å². The molecule has 33 heavy (non-hydrogen) atoms. The molecule has 1 unspecified atom stereocenters. The maximum atomic E-state index is 13.6. The average Bonchev–Trinajstić information content (AvgIpc) is 2.79. The Hall–Kier alpha value is -2.83. The topological polar surface area (TPSA) is 158 Å². The van der Waals surface area contributed by atoms with Gasteiger partial charge in [-0.05, 0) is 19.1 Å². The van der Waals surface area contributed by atoms with Gasteiger partial charge in [0.05, 0.1) is 19.8 Å². The molecule has 0 saturated heterocycles. The fourth-order valence-electron chi connectivity index (χ4n) is 2.45. The first-order valence-electron chi connectivity index (χ1n) is 9.69. The molecule has 0 aliphatic carbocycles. The number of aromatic amines is 1. The summed E-state index contributed by atoms with van der Waals surface area (Å²) in [7, 11) is -3.05. The summed E-state index contributed by atoms with van der Waals surface area (Å²) in [6.45, 7) is -0.969. The van der Waals surface area contributed by atoms with Crippen LogP contribution in [0.1, 0.15) is 13.2 Å². The van der Waals surface area contributed by atoms with Gasteiger partial charge < -0.3 is 19.1 Å². The summed E-state index contributed by atoms with van der Waals surface area (Å²) in [6, 6.07) is 8.94. The highest BCUT2D eigenvalue weighted by atomic mass is 31.2. The Morgan fingerprint density at radius 1 is 1.27 bits per heavy atom. The van der Waals surface area contributed by atoms with Crippen LogP contribution in [-0.4, -0.2) is 59.8 Å². The number of nitrogens with zero attached hydrogens (tertiary/aromatic N) is 1. The highest BCUT2D eigenvalue weighted by Gasteiger charge is 2.32. The number of esters is 1. The average molecular weight is 489 g/mol. The van der Waals surface area contributed by atoms with Gasteiger partial charge in [-0.1, -0.05) is 18.2 Å². The number of hydrogen-bond donors (Lipinski definition) is 3. The molecule has 14 heteroatoms. The summed E-state index contributed by atoms with van der Waals surface area (Å²) in [4.78, 5) is 36.6. The molecule has 12 nitrogen and oxygen atoms in total. The number of halogens is 1. The summed E-state index contributed by atoms with van der Waals surface area (Å²) in [5, 5.41) is 12.4. The fourth-order valence-corrected chi connectivity index (χ4v) is 3.73. The summed E-state index contributed by atoms with van der Waals surface area (Å²) in [5.74, 6) is -0.581. The lowest BCUT2D eigenvalue weighted by Gasteiger charge is -2.27. The Labute approximate surface area is 187 Å². The smallest absolute Gasteiger partial charge is 0.459 e. The van der Waals surface area contributed by atoms with E-state index in [2.05, 4.69) is 9.82 Å². The van der Waals surface area contributed by atoms with E-state index in [1.807, 2.05) is 4.98 Å². The second-order valence-electron chi connectivity index (χ2n) is 6.65. The predicted octanol–water partition coefficient (Wildman–Crippen LogP) is 0.737. The van der Waals surface area contributed by atoms with Gasteiger partial charge >= 0.3 is 19.4 Å². The van der Waals surface area contributed by atoms with Gasteiger partial charge in [-0.2, -0.15) is 0 Å². The molecule has 1 aromatic heterocycles. The highest BCUT2D eigenvalue weighted by molar-refractivity contribution is 7.52. The summed E-state index contributed by atoms with van der Waals surface area (Å²) < 4.78 is 48.3. The molecule has 4 atom stereocenters. The number of alkyl halides is 1. The van der Waals surface area contributed by atoms with E-state index in [1.165, 1.54) is 19.1 Å². The molecule has 0 aliphatic rings. The van der Waals surface area contributed by atoms with Crippen molar-refractivity contribution in [2.75, 3.05) is 26.9 Å². The van der Waals surface area contributed by atoms with Crippen LogP contribution in [0.4, 0.5) is 4.39 Å². The van der Waals surface area contributed by atoms with Crippen LogP contribution in [0.3, 0.4) is 0 Å². The molecule has 0 radical (unpaired) electrons. The lowest BCUT2D eigenvalue weighted by Crippen LogP contribution is -2.39. The molecule has 3 N–H and O–H groups in total. The van der Waals surface area contributed by atoms with E-state index in [0.29, 0.717) is 0 Å². The molecule has 2 rings (SSSR count). The third-order valence-corrected chi connectivity index (χ3v) is 5.67. The van der Waals surface area contributed by atoms with Gasteiger partial charge in [0.1, 0.15) is 25.1 Å². The number of rotatable bonds is 13. The Balaban J connectivity index is 2.17. The zero-order chi connectivity index (χ0) is 24.4. The third kappa shape index (κ3) is 8.22. The Bertz CT molecular complexity index is 1060. The maximum absolute atomic E-state index is 13.6. The van der Waals surface area contributed by atoms with E-state index < -0.39 is 63.2 Å². The monoisotopic (exact) mass is 489 g/mol. The van der Waals surface area contributed by atoms with Crippen molar-refractivity contribution < 1.29 is 37.4 Å². The molecule has 0 spiro atoms. The molecule has 2 aromatic rings. The summed E-state index contributed by atoms with van der Waals surface area (Å²) >= 11 is 0. The first-order chi connectivity index (χ1) is 15.7. The van der Waals surface area contributed by atoms with Crippen molar-refractivity contribution in [1.29, 1.82) is 0 Å². The van der Waals surface area contributed by atoms with Crippen molar-refractivity contribution in [3.8, 4) is 5.75 Å². The van der Waals surface area contributed by atoms with Crippen LogP contribution in [0.2, 0.25) is 0 Å². The third-order valence-electron chi connectivity index (χ3n) is 4.19. The van der Waals surface area contributed by atoms with Crippen molar-refractivity contribution in [2.45, 2.75) is 25.4 Å². The van der Waals surface area contributed by atoms with Crippen molar-refractivity contribution in [2.24, 2.45) is 0 Å². The first kappa shape index (κ1) is 26.4. The molecule has 1 aromatic carbocycles. The number of carbonyl (C=O) groups is 1. The highest BCUT2D eigenvalue weighted by Crippen LogP contribution is 2.44. The van der Waals surface area contributed by atoms with Crippen molar-refractivity contribution >= 4 is 13.7 Å². The number of aromatic nitrogens is 2. The van der Waals surface area contributed by atoms with Gasteiger partial charge in [0.25, 0.3) is 5.56 Å². The van der Waals surface area contributed by atoms with Gasteiger partial charge in [-0.15, -0.1) is 0 Å². The molecule has 1 heterocycles. The van der Waals surface area contributed by atoms with Crippen LogP contribution < -0.4 is 20.9 Å². The Kier molecular flexibility index (Phi) is 9.95. The van der Waals surface area contributed by atoms with E-state index >= 15 is 0 Å². The van der Waals surface area contributed by atoms with E-state index in [9.17, 15) is 28.4 Å². The van der Waals surface area contributed by atoms with Crippen LogP contribution >= 0.6 is 7.75 Å². The minimum Gasteiger partial charge on any atom is -0.468 e. The van der Waals surface area contributed by atoms with Gasteiger partial charge in [-0.25, -0.2) is 18.8 Å². The fraction of sp³-hybridized carbons (Fsp3) is 0.421. The number of ether oxygens (including phenoxy) is 2. The van der Waals surface area contributed by atoms with Crippen molar-refractivity contribution in [3.05, 3.63) is 63.4 Å². The predicted molar refractivity (Wildman–Crippen MR) is 114 cm³/mol. The SMILES string of the molecule is COC(=O)CNP(=O)(OC[C@@H](O[C@H](CF)n1ccc(=O)[nH]c1=O)[C@H](C)O)Oc1ccccc1. The van der Waals surface area contributed by atoms with Gasteiger partial charge in [0, 0.05) is 12.3 Å². The second kappa shape index (κ2) is 12.4. The molecule has 0 saturated carbocycles. The van der Waals surface area contributed by atoms with Gasteiger partial charge in [-0.3, -0.25) is 23.7 Å². The van der Waals surface area contributed by atoms with Crippen LogP contribution in [-0.2, 0) is 23.4 Å². The molecule has 0 aliphatic heterocycles. The number of H-pyrrole nitrogens is 1. The lowest BCUT2D eigenvalue weighted by atomic mass is 10.2. The van der Waals surface area contributed by atoms with Gasteiger partial charge in [0.15, 0.2) is 6.23 Å². The number of para-hydroxylation sites is 1. The van der Waals surface area contributed by atoms with E-state index in [0.717, 1.165) is 23.9 Å². The molecule has 0 bridgehead atoms. The van der Waals surface area contributed by atoms with Gasteiger partial charge in [0.2, 0.25) is 0 Å². The largest absolute Gasteiger partial charge is 0.468 e. The molecule has 0 amide bonds. The number of aliphatic hydroxyl groups excluding tert-OH is 1. The van der Waals surface area contributed by atoms with E-state index in [4.69, 9.17) is 13.8 Å². The number of aliphatic hydroxyl groups is 1. The Morgan fingerprint density at radius 3 is 2.55 bits per heavy atom. The maximum Gasteiger partial charge on any atom is 0.459 e. The number of benzene rings is 1. The van der Waals surface area contributed by atoms with Crippen LogP contribution in [0.5, 0.6) is 5.75 Å². The normalized spacial score (nSPS) is 15.8. The van der Waals surface area contributed by atoms with Crippen LogP contribution in [0.15, 0.2) is 52.2 Å². The summed E-state index contributed by atoms with van der Waals surface area (Å²) in [5.41, 5.74) is -1.60. The van der Waals surface area contributed by atoms with E-state index in [-0.39, 0.29) is 5.75 Å². The molecule has 0 fully saturated rings. The van der Waals surface area contributed by atoms with E-state index in [1.54, 1.807) is 18.2 Å². The minimum absolute atomic E-state index is 0.161. The second-order valence-corrected chi connectivity index (χ2v) is 8.40. The molecular formula is C19H25FN3O9P. The lowest BCUT2D eigenvalue weighted by molar-refractivity contribution is -0.139. The first-order valence-corrected chi connectivity index (χ1v) is 11.2. The number of carbonyl (C=O) groups excluding carboxylic acids is 1. The van der Waals surface area contributed by atoms with Crippen molar-refractivity contribution in [1.82, 2.24) is 14.6 Å².